The summed E-state index contributed by atoms with van der Waals surface area (Å²) in [7, 11) is 1.60. The van der Waals surface area contributed by atoms with E-state index in [4.69, 9.17) is 13.6 Å². The van der Waals surface area contributed by atoms with Gasteiger partial charge < -0.3 is 0 Å². The van der Waals surface area contributed by atoms with Crippen molar-refractivity contribution in [3.05, 3.63) is 0 Å². The third-order valence-electron chi connectivity index (χ3n) is 1.31. The van der Waals surface area contributed by atoms with Gasteiger partial charge in [0.05, 0.1) is 0 Å². The van der Waals surface area contributed by atoms with Crippen molar-refractivity contribution in [1.82, 2.24) is 0 Å². The molecule has 0 unspecified atom stereocenters. The molecular weight excluding hydrogens is 218 g/mol. The first-order chi connectivity index (χ1) is 4.66. The van der Waals surface area contributed by atoms with Crippen molar-refractivity contribution in [2.45, 2.75) is 19.4 Å². The van der Waals surface area contributed by atoms with Crippen molar-refractivity contribution in [3.63, 3.8) is 0 Å². The van der Waals surface area contributed by atoms with Crippen molar-refractivity contribution in [2.75, 3.05) is 13.7 Å². The van der Waals surface area contributed by atoms with Gasteiger partial charge in [-0.1, -0.05) is 0 Å². The topological polar surface area (TPSA) is 27.7 Å². The van der Waals surface area contributed by atoms with E-state index >= 15 is 0 Å². The van der Waals surface area contributed by atoms with Gasteiger partial charge >= 0.3 is 68.0 Å². The summed E-state index contributed by atoms with van der Waals surface area (Å²) in [6.07, 6.45) is -0.821. The van der Waals surface area contributed by atoms with Crippen molar-refractivity contribution >= 4 is 21.3 Å². The van der Waals surface area contributed by atoms with Crippen LogP contribution in [0.2, 0.25) is 0 Å². The molecule has 0 aromatic carbocycles. The van der Waals surface area contributed by atoms with Crippen LogP contribution in [0.3, 0.4) is 0 Å². The fraction of sp³-hybridized carbons (Fsp3) is 1.00. The van der Waals surface area contributed by atoms with E-state index in [-0.39, 0.29) is 6.10 Å². The zero-order valence-corrected chi connectivity index (χ0v) is 8.68. The number of rotatable bonds is 1. The van der Waals surface area contributed by atoms with Gasteiger partial charge in [0.15, 0.2) is 0 Å². The zero-order valence-electron chi connectivity index (χ0n) is 6.07. The van der Waals surface area contributed by atoms with Crippen molar-refractivity contribution < 1.29 is 13.6 Å². The standard InChI is InChI=1S/C5H11O3PSe/c1-5-3-4-7-9(10,6-2)8-5/h5H,3-4H2,1-2H3/t5-,9+/m0/s1. The van der Waals surface area contributed by atoms with Crippen molar-refractivity contribution in [1.29, 1.82) is 0 Å². The second-order valence-corrected chi connectivity index (χ2v) is 6.71. The van der Waals surface area contributed by atoms with Crippen molar-refractivity contribution in [2.24, 2.45) is 0 Å². The minimum absolute atomic E-state index is 0.253. The molecule has 0 amide bonds. The summed E-state index contributed by atoms with van der Waals surface area (Å²) in [4.78, 5) is 0. The molecule has 1 aliphatic rings. The second-order valence-electron chi connectivity index (χ2n) is 2.17. The molecule has 5 heteroatoms. The van der Waals surface area contributed by atoms with Crippen LogP contribution in [0, 0.1) is 0 Å². The Balaban J connectivity index is 2.54. The summed E-state index contributed by atoms with van der Waals surface area (Å²) in [6.45, 7) is 2.75. The first kappa shape index (κ1) is 8.92. The van der Waals surface area contributed by atoms with Crippen LogP contribution in [0.25, 0.3) is 0 Å². The van der Waals surface area contributed by atoms with Crippen LogP contribution in [0.5, 0.6) is 0 Å². The molecule has 0 bridgehead atoms. The van der Waals surface area contributed by atoms with Crippen LogP contribution >= 0.6 is 6.19 Å². The molecule has 2 atom stereocenters. The molecule has 10 heavy (non-hydrogen) atoms. The Labute approximate surface area is 68.5 Å². The van der Waals surface area contributed by atoms with Gasteiger partial charge in [0.1, 0.15) is 0 Å². The van der Waals surface area contributed by atoms with E-state index in [0.717, 1.165) is 13.0 Å². The Kier molecular flexibility index (Phi) is 3.11. The SMILES string of the molecule is CO[P@@]1(=[Se])OCC[C@H](C)O1. The van der Waals surface area contributed by atoms with Crippen LogP contribution in [0.4, 0.5) is 0 Å². The predicted molar refractivity (Wildman–Crippen MR) is 40.8 cm³/mol. The van der Waals surface area contributed by atoms with Crippen LogP contribution in [0.15, 0.2) is 0 Å². The Bertz CT molecular complexity index is 161. The maximum absolute atomic E-state index is 5.43. The molecule has 1 rings (SSSR count). The third kappa shape index (κ3) is 2.16. The fourth-order valence-electron chi connectivity index (χ4n) is 0.730. The first-order valence-corrected chi connectivity index (χ1v) is 6.91. The predicted octanol–water partition coefficient (Wildman–Crippen LogP) is 1.30. The summed E-state index contributed by atoms with van der Waals surface area (Å²) in [5.74, 6) is 0. The van der Waals surface area contributed by atoms with Gasteiger partial charge in [0, 0.05) is 0 Å². The van der Waals surface area contributed by atoms with Gasteiger partial charge in [0.25, 0.3) is 0 Å². The molecule has 0 spiro atoms. The molecule has 0 aliphatic carbocycles. The molecule has 0 saturated carbocycles. The van der Waals surface area contributed by atoms with E-state index in [2.05, 4.69) is 15.1 Å². The van der Waals surface area contributed by atoms with E-state index in [0.29, 0.717) is 0 Å². The van der Waals surface area contributed by atoms with Gasteiger partial charge in [-0.15, -0.1) is 0 Å². The molecule has 1 fully saturated rings. The molecule has 1 aliphatic heterocycles. The molecule has 0 aromatic heterocycles. The van der Waals surface area contributed by atoms with E-state index in [1.807, 2.05) is 6.92 Å². The van der Waals surface area contributed by atoms with Gasteiger partial charge in [0.2, 0.25) is 0 Å². The van der Waals surface area contributed by atoms with Crippen LogP contribution in [0.1, 0.15) is 13.3 Å². The van der Waals surface area contributed by atoms with E-state index in [1.54, 1.807) is 7.11 Å². The van der Waals surface area contributed by atoms with E-state index < -0.39 is 6.19 Å². The van der Waals surface area contributed by atoms with Crippen LogP contribution in [-0.2, 0) is 13.6 Å². The molecular formula is C5H11O3PSe. The van der Waals surface area contributed by atoms with Crippen LogP contribution in [-0.4, -0.2) is 34.9 Å². The summed E-state index contributed by atoms with van der Waals surface area (Å²) in [5.41, 5.74) is 0. The molecule has 1 saturated heterocycles. The fourth-order valence-corrected chi connectivity index (χ4v) is 3.25. The second kappa shape index (κ2) is 3.48. The van der Waals surface area contributed by atoms with Crippen LogP contribution < -0.4 is 0 Å². The molecule has 0 aromatic rings. The Morgan fingerprint density at radius 3 is 2.80 bits per heavy atom. The summed E-state index contributed by atoms with van der Waals surface area (Å²) in [5, 5.41) is 0. The van der Waals surface area contributed by atoms with Gasteiger partial charge in [-0.2, -0.15) is 0 Å². The molecule has 60 valence electrons. The van der Waals surface area contributed by atoms with E-state index in [9.17, 15) is 0 Å². The Morgan fingerprint density at radius 1 is 1.70 bits per heavy atom. The van der Waals surface area contributed by atoms with Gasteiger partial charge in [-0.05, 0) is 0 Å². The van der Waals surface area contributed by atoms with Gasteiger partial charge in [-0.25, -0.2) is 0 Å². The maximum atomic E-state index is 5.43. The molecule has 3 nitrogen and oxygen atoms in total. The minimum atomic E-state index is -2.03. The Hall–Kier alpha value is 0.829. The monoisotopic (exact) mass is 230 g/mol. The average Bonchev–Trinajstić information content (AvgIpc) is 1.88. The molecule has 0 N–H and O–H groups in total. The normalized spacial score (nSPS) is 41.6. The summed E-state index contributed by atoms with van der Waals surface area (Å²) in [6, 6.07) is 0. The molecule has 0 radical (unpaired) electrons. The number of hydrogen-bond donors (Lipinski definition) is 0. The average molecular weight is 229 g/mol. The summed E-state index contributed by atoms with van der Waals surface area (Å²) < 4.78 is 15.8. The van der Waals surface area contributed by atoms with E-state index in [1.165, 1.54) is 0 Å². The van der Waals surface area contributed by atoms with Crippen molar-refractivity contribution in [3.8, 4) is 0 Å². The number of hydrogen-bond acceptors (Lipinski definition) is 3. The summed E-state index contributed by atoms with van der Waals surface area (Å²) >= 11 is 2.82. The van der Waals surface area contributed by atoms with Gasteiger partial charge in [-0.3, -0.25) is 0 Å². The first-order valence-electron chi connectivity index (χ1n) is 3.15. The Morgan fingerprint density at radius 2 is 2.40 bits per heavy atom. The third-order valence-corrected chi connectivity index (χ3v) is 5.01. The quantitative estimate of drug-likeness (QED) is 0.501. The zero-order chi connectivity index (χ0) is 7.61. The molecule has 1 heterocycles.